The van der Waals surface area contributed by atoms with Crippen LogP contribution >= 0.6 is 0 Å². The molecule has 1 atom stereocenters. The maximum atomic E-state index is 6.07. The highest BCUT2D eigenvalue weighted by atomic mass is 28.3. The lowest BCUT2D eigenvalue weighted by molar-refractivity contribution is 0.116. The minimum absolute atomic E-state index is 0.881. The van der Waals surface area contributed by atoms with E-state index in [4.69, 9.17) is 4.74 Å². The summed E-state index contributed by atoms with van der Waals surface area (Å²) in [6.07, 6.45) is 7.19. The highest BCUT2D eigenvalue weighted by molar-refractivity contribution is 6.92. The first kappa shape index (κ1) is 19.7. The molecule has 1 aromatic carbocycles. The quantitative estimate of drug-likeness (QED) is 0.451. The van der Waals surface area contributed by atoms with Gasteiger partial charge in [0.2, 0.25) is 0 Å². The van der Waals surface area contributed by atoms with Crippen LogP contribution in [0.1, 0.15) is 46.0 Å². The predicted octanol–water partition coefficient (Wildman–Crippen LogP) is 4.66. The third-order valence-corrected chi connectivity index (χ3v) is 11.4. The maximum Gasteiger partial charge on any atom is 0.0889 e. The highest BCUT2D eigenvalue weighted by Crippen LogP contribution is 2.38. The summed E-state index contributed by atoms with van der Waals surface area (Å²) in [5, 5.41) is 1.64. The second kappa shape index (κ2) is 10.4. The topological polar surface area (TPSA) is 12.5 Å². The molecule has 1 unspecified atom stereocenters. The molecule has 0 heterocycles. The lowest BCUT2D eigenvalue weighted by Crippen LogP contribution is -2.50. The van der Waals surface area contributed by atoms with Gasteiger partial charge in [0.15, 0.2) is 0 Å². The van der Waals surface area contributed by atoms with Crippen LogP contribution in [0.4, 0.5) is 0 Å². The van der Waals surface area contributed by atoms with E-state index in [1.54, 1.807) is 5.19 Å². The summed E-state index contributed by atoms with van der Waals surface area (Å²) in [5.74, 6) is 0. The Morgan fingerprint density at radius 2 is 1.67 bits per heavy atom. The zero-order valence-corrected chi connectivity index (χ0v) is 17.1. The van der Waals surface area contributed by atoms with Gasteiger partial charge in [-0.25, -0.2) is 0 Å². The van der Waals surface area contributed by atoms with E-state index in [1.165, 1.54) is 38.1 Å². The van der Waals surface area contributed by atoms with E-state index in [2.05, 4.69) is 55.6 Å². The average molecular weight is 348 g/mol. The van der Waals surface area contributed by atoms with Crippen LogP contribution in [-0.2, 0) is 4.74 Å². The number of hydrogen-bond acceptors (Lipinski definition) is 2. The zero-order valence-electron chi connectivity index (χ0n) is 16.1. The summed E-state index contributed by atoms with van der Waals surface area (Å²) in [5.41, 5.74) is 0.944. The Kier molecular flexibility index (Phi) is 8.50. The Balaban J connectivity index is 1.92. The standard InChI is InChI=1S/C21H37NOSi/c1-4-22(5-2)16-17-23-18-19-24(3,20-12-8-6-9-13-20)21-14-10-7-11-15-21/h6,8-9,12-13,21H,4-5,7,10-11,14-19H2,1-3H3. The number of ether oxygens (including phenoxy) is 1. The third-order valence-electron chi connectivity index (χ3n) is 6.15. The molecule has 1 fully saturated rings. The number of rotatable bonds is 10. The van der Waals surface area contributed by atoms with Crippen molar-refractivity contribution in [2.45, 2.75) is 64.1 Å². The molecule has 136 valence electrons. The normalized spacial score (nSPS) is 18.7. The molecule has 2 nitrogen and oxygen atoms in total. The van der Waals surface area contributed by atoms with Gasteiger partial charge in [-0.2, -0.15) is 0 Å². The molecular formula is C21H37NOSi. The average Bonchev–Trinajstić information content (AvgIpc) is 2.66. The van der Waals surface area contributed by atoms with Crippen molar-refractivity contribution in [1.82, 2.24) is 4.90 Å². The SMILES string of the molecule is CCN(CC)CCOCC[Si](C)(c1ccccc1)C1CCCCC1. The first-order valence-corrected chi connectivity index (χ1v) is 12.8. The highest BCUT2D eigenvalue weighted by Gasteiger charge is 2.38. The molecule has 0 radical (unpaired) electrons. The van der Waals surface area contributed by atoms with Crippen LogP contribution in [-0.4, -0.2) is 45.8 Å². The fourth-order valence-corrected chi connectivity index (χ4v) is 8.64. The first-order valence-electron chi connectivity index (χ1n) is 10.1. The summed E-state index contributed by atoms with van der Waals surface area (Å²) < 4.78 is 6.07. The van der Waals surface area contributed by atoms with Gasteiger partial charge in [-0.3, -0.25) is 0 Å². The van der Waals surface area contributed by atoms with E-state index >= 15 is 0 Å². The molecule has 24 heavy (non-hydrogen) atoms. The molecule has 3 heteroatoms. The Bertz CT molecular complexity index is 442. The smallest absolute Gasteiger partial charge is 0.0889 e. The summed E-state index contributed by atoms with van der Waals surface area (Å²) in [4.78, 5) is 2.44. The monoisotopic (exact) mass is 347 g/mol. The van der Waals surface area contributed by atoms with Crippen molar-refractivity contribution < 1.29 is 4.74 Å². The van der Waals surface area contributed by atoms with Gasteiger partial charge in [0.25, 0.3) is 0 Å². The number of hydrogen-bond donors (Lipinski definition) is 0. The maximum absolute atomic E-state index is 6.07. The van der Waals surface area contributed by atoms with Gasteiger partial charge in [-0.05, 0) is 24.7 Å². The van der Waals surface area contributed by atoms with E-state index in [0.29, 0.717) is 0 Å². The summed E-state index contributed by atoms with van der Waals surface area (Å²) in [6.45, 7) is 12.2. The second-order valence-electron chi connectivity index (χ2n) is 7.51. The van der Waals surface area contributed by atoms with Gasteiger partial charge in [0, 0.05) is 13.2 Å². The van der Waals surface area contributed by atoms with E-state index in [1.807, 2.05) is 0 Å². The third kappa shape index (κ3) is 5.43. The van der Waals surface area contributed by atoms with Crippen molar-refractivity contribution in [2.24, 2.45) is 0 Å². The molecule has 0 amide bonds. The first-order chi connectivity index (χ1) is 11.7. The zero-order chi connectivity index (χ0) is 17.3. The van der Waals surface area contributed by atoms with Crippen molar-refractivity contribution >= 4 is 13.3 Å². The minimum atomic E-state index is -1.46. The second-order valence-corrected chi connectivity index (χ2v) is 12.2. The van der Waals surface area contributed by atoms with E-state index < -0.39 is 8.07 Å². The molecule has 0 aromatic heterocycles. The number of likely N-dealkylation sites (N-methyl/N-ethyl adjacent to an activating group) is 1. The summed E-state index contributed by atoms with van der Waals surface area (Å²) in [7, 11) is -1.46. The lowest BCUT2D eigenvalue weighted by atomic mass is 10.0. The van der Waals surface area contributed by atoms with Crippen molar-refractivity contribution in [1.29, 1.82) is 0 Å². The van der Waals surface area contributed by atoms with Crippen LogP contribution in [0.25, 0.3) is 0 Å². The van der Waals surface area contributed by atoms with E-state index in [-0.39, 0.29) is 0 Å². The van der Waals surface area contributed by atoms with Crippen LogP contribution in [0.5, 0.6) is 0 Å². The molecular weight excluding hydrogens is 310 g/mol. The van der Waals surface area contributed by atoms with Crippen molar-refractivity contribution in [2.75, 3.05) is 32.8 Å². The Labute approximate surface area is 150 Å². The Morgan fingerprint density at radius 1 is 1.00 bits per heavy atom. The molecule has 1 aromatic rings. The van der Waals surface area contributed by atoms with Crippen LogP contribution in [0.3, 0.4) is 0 Å². The minimum Gasteiger partial charge on any atom is -0.380 e. The van der Waals surface area contributed by atoms with Gasteiger partial charge in [-0.15, -0.1) is 0 Å². The fourth-order valence-electron chi connectivity index (χ4n) is 4.26. The molecule has 0 spiro atoms. The van der Waals surface area contributed by atoms with Crippen molar-refractivity contribution in [3.8, 4) is 0 Å². The molecule has 0 saturated heterocycles. The molecule has 1 saturated carbocycles. The predicted molar refractivity (Wildman–Crippen MR) is 108 cm³/mol. The van der Waals surface area contributed by atoms with Crippen LogP contribution in [0.15, 0.2) is 30.3 Å². The van der Waals surface area contributed by atoms with Gasteiger partial charge >= 0.3 is 0 Å². The molecule has 0 N–H and O–H groups in total. The Hall–Kier alpha value is -0.643. The molecule has 0 bridgehead atoms. The van der Waals surface area contributed by atoms with Gasteiger partial charge in [0.1, 0.15) is 0 Å². The molecule has 0 aliphatic heterocycles. The fraction of sp³-hybridized carbons (Fsp3) is 0.714. The van der Waals surface area contributed by atoms with Crippen LogP contribution < -0.4 is 5.19 Å². The Morgan fingerprint density at radius 3 is 2.29 bits per heavy atom. The van der Waals surface area contributed by atoms with Gasteiger partial charge < -0.3 is 9.64 Å². The van der Waals surface area contributed by atoms with E-state index in [0.717, 1.165) is 38.4 Å². The molecule has 1 aliphatic carbocycles. The van der Waals surface area contributed by atoms with Gasteiger partial charge in [0.05, 0.1) is 14.7 Å². The molecule has 1 aliphatic rings. The van der Waals surface area contributed by atoms with E-state index in [9.17, 15) is 0 Å². The summed E-state index contributed by atoms with van der Waals surface area (Å²) >= 11 is 0. The van der Waals surface area contributed by atoms with Crippen LogP contribution in [0.2, 0.25) is 18.1 Å². The number of nitrogens with zero attached hydrogens (tertiary/aromatic N) is 1. The summed E-state index contributed by atoms with van der Waals surface area (Å²) in [6, 6.07) is 12.7. The number of benzene rings is 1. The largest absolute Gasteiger partial charge is 0.380 e. The van der Waals surface area contributed by atoms with Crippen molar-refractivity contribution in [3.63, 3.8) is 0 Å². The van der Waals surface area contributed by atoms with Crippen LogP contribution in [0, 0.1) is 0 Å². The van der Waals surface area contributed by atoms with Gasteiger partial charge in [-0.1, -0.05) is 88.0 Å². The lowest BCUT2D eigenvalue weighted by Gasteiger charge is -2.39. The van der Waals surface area contributed by atoms with Crippen molar-refractivity contribution in [3.05, 3.63) is 30.3 Å². The molecule has 2 rings (SSSR count).